The summed E-state index contributed by atoms with van der Waals surface area (Å²) in [5, 5.41) is 9.57. The number of halogens is 1. The lowest BCUT2D eigenvalue weighted by Crippen LogP contribution is -2.42. The van der Waals surface area contributed by atoms with Gasteiger partial charge in [-0.2, -0.15) is 4.98 Å². The molecule has 3 N–H and O–H groups in total. The number of rotatable bonds is 5. The van der Waals surface area contributed by atoms with E-state index in [1.807, 2.05) is 24.3 Å². The summed E-state index contributed by atoms with van der Waals surface area (Å²) >= 11 is 3.40. The van der Waals surface area contributed by atoms with Crippen molar-refractivity contribution in [2.45, 2.75) is 63.5 Å². The van der Waals surface area contributed by atoms with Crippen LogP contribution in [0.3, 0.4) is 0 Å². The lowest BCUT2D eigenvalue weighted by molar-refractivity contribution is 0.243. The van der Waals surface area contributed by atoms with Crippen LogP contribution in [0.15, 0.2) is 28.7 Å². The van der Waals surface area contributed by atoms with E-state index in [4.69, 9.17) is 9.97 Å². The summed E-state index contributed by atoms with van der Waals surface area (Å²) in [5.41, 5.74) is 3.30. The van der Waals surface area contributed by atoms with Gasteiger partial charge in [0.1, 0.15) is 5.82 Å². The van der Waals surface area contributed by atoms with Crippen LogP contribution in [-0.4, -0.2) is 42.2 Å². The summed E-state index contributed by atoms with van der Waals surface area (Å²) in [4.78, 5) is 24.1. The van der Waals surface area contributed by atoms with Gasteiger partial charge in [-0.1, -0.05) is 15.9 Å². The number of hydrogen-bond donors (Lipinski definition) is 3. The average Bonchev–Trinajstić information content (AvgIpc) is 2.76. The van der Waals surface area contributed by atoms with Crippen molar-refractivity contribution in [2.24, 2.45) is 0 Å². The fourth-order valence-corrected chi connectivity index (χ4v) is 4.72. The van der Waals surface area contributed by atoms with Gasteiger partial charge >= 0.3 is 6.03 Å². The number of anilines is 3. The molecule has 2 aromatic rings. The predicted molar refractivity (Wildman–Crippen MR) is 129 cm³/mol. The molecule has 0 saturated heterocycles. The number of aryl methyl sites for hydroxylation is 1. The Kier molecular flexibility index (Phi) is 6.95. The summed E-state index contributed by atoms with van der Waals surface area (Å²) in [6, 6.07) is 7.97. The summed E-state index contributed by atoms with van der Waals surface area (Å²) < 4.78 is 0.991. The number of hydrogen-bond acceptors (Lipinski definition) is 5. The Morgan fingerprint density at radius 1 is 1.00 bits per heavy atom. The van der Waals surface area contributed by atoms with Crippen LogP contribution < -0.4 is 20.9 Å². The van der Waals surface area contributed by atoms with E-state index in [-0.39, 0.29) is 12.1 Å². The Labute approximate surface area is 192 Å². The minimum absolute atomic E-state index is 0.146. The quantitative estimate of drug-likeness (QED) is 0.568. The van der Waals surface area contributed by atoms with Crippen molar-refractivity contribution in [3.05, 3.63) is 40.0 Å². The molecule has 7 nitrogen and oxygen atoms in total. The Balaban J connectivity index is 1.29. The molecular weight excluding hydrogens is 456 g/mol. The minimum Gasteiger partial charge on any atom is -0.362 e. The number of fused-ring (bicyclic) bond motifs is 1. The van der Waals surface area contributed by atoms with Crippen molar-refractivity contribution in [2.75, 3.05) is 29.6 Å². The molecule has 0 atom stereocenters. The molecule has 2 aliphatic carbocycles. The zero-order valence-corrected chi connectivity index (χ0v) is 19.8. The Morgan fingerprint density at radius 3 is 2.39 bits per heavy atom. The molecule has 0 aliphatic heterocycles. The van der Waals surface area contributed by atoms with Gasteiger partial charge in [0.2, 0.25) is 5.95 Å². The third kappa shape index (κ3) is 5.67. The third-order valence-electron chi connectivity index (χ3n) is 6.08. The summed E-state index contributed by atoms with van der Waals surface area (Å²) in [6.07, 6.45) is 8.39. The second-order valence-corrected chi connectivity index (χ2v) is 9.61. The van der Waals surface area contributed by atoms with Crippen molar-refractivity contribution < 1.29 is 4.79 Å². The average molecular weight is 487 g/mol. The molecule has 166 valence electrons. The molecule has 1 saturated carbocycles. The highest BCUT2D eigenvalue weighted by Crippen LogP contribution is 2.29. The van der Waals surface area contributed by atoms with Crippen LogP contribution in [0.1, 0.15) is 49.8 Å². The van der Waals surface area contributed by atoms with Crippen molar-refractivity contribution in [1.82, 2.24) is 15.3 Å². The van der Waals surface area contributed by atoms with E-state index in [2.05, 4.69) is 50.9 Å². The topological polar surface area (TPSA) is 82.2 Å². The number of urea groups is 1. The molecule has 31 heavy (non-hydrogen) atoms. The maximum Gasteiger partial charge on any atom is 0.319 e. The van der Waals surface area contributed by atoms with E-state index in [0.29, 0.717) is 6.04 Å². The number of carbonyl (C=O) groups is 1. The highest BCUT2D eigenvalue weighted by atomic mass is 79.9. The third-order valence-corrected chi connectivity index (χ3v) is 6.61. The van der Waals surface area contributed by atoms with E-state index in [0.717, 1.165) is 60.5 Å². The lowest BCUT2D eigenvalue weighted by atomic mass is 9.91. The Bertz CT molecular complexity index is 909. The fraction of sp³-hybridized carbons (Fsp3) is 0.522. The molecule has 0 bridgehead atoms. The number of carbonyl (C=O) groups excluding carboxylic acids is 1. The second-order valence-electron chi connectivity index (χ2n) is 8.70. The van der Waals surface area contributed by atoms with E-state index in [1.54, 1.807) is 0 Å². The molecule has 0 unspecified atom stereocenters. The van der Waals surface area contributed by atoms with Gasteiger partial charge in [0.25, 0.3) is 0 Å². The molecule has 8 heteroatoms. The summed E-state index contributed by atoms with van der Waals surface area (Å²) in [7, 11) is 4.11. The van der Waals surface area contributed by atoms with Crippen LogP contribution in [0.2, 0.25) is 0 Å². The largest absolute Gasteiger partial charge is 0.362 e. The molecule has 1 aromatic carbocycles. The highest BCUT2D eigenvalue weighted by molar-refractivity contribution is 9.10. The predicted octanol–water partition coefficient (Wildman–Crippen LogP) is 4.73. The first kappa shape index (κ1) is 21.9. The smallest absolute Gasteiger partial charge is 0.319 e. The zero-order chi connectivity index (χ0) is 21.8. The van der Waals surface area contributed by atoms with E-state index < -0.39 is 0 Å². The Hall–Kier alpha value is -2.35. The first-order valence-corrected chi connectivity index (χ1v) is 11.9. The van der Waals surface area contributed by atoms with Crippen LogP contribution in [0.25, 0.3) is 0 Å². The van der Waals surface area contributed by atoms with Gasteiger partial charge in [-0.05, 0) is 75.6 Å². The van der Waals surface area contributed by atoms with Crippen molar-refractivity contribution >= 4 is 39.4 Å². The van der Waals surface area contributed by atoms with Gasteiger partial charge in [0, 0.05) is 41.9 Å². The minimum atomic E-state index is -0.146. The van der Waals surface area contributed by atoms with Crippen molar-refractivity contribution in [3.63, 3.8) is 0 Å². The molecule has 0 spiro atoms. The zero-order valence-electron chi connectivity index (χ0n) is 18.2. The van der Waals surface area contributed by atoms with Gasteiger partial charge in [-0.15, -0.1) is 0 Å². The second kappa shape index (κ2) is 9.85. The SMILES string of the molecule is CN(C)c1nc(N[C@H]2CC[C@@H](NC(=O)Nc3ccc(Br)cc3)CC2)nc2c1CCCC2. The normalized spacial score (nSPS) is 20.5. The van der Waals surface area contributed by atoms with Gasteiger partial charge in [-0.3, -0.25) is 0 Å². The van der Waals surface area contributed by atoms with Gasteiger partial charge < -0.3 is 20.9 Å². The van der Waals surface area contributed by atoms with Crippen LogP contribution in [-0.2, 0) is 12.8 Å². The fourth-order valence-electron chi connectivity index (χ4n) is 4.46. The van der Waals surface area contributed by atoms with Crippen LogP contribution in [0.5, 0.6) is 0 Å². The number of nitrogens with zero attached hydrogens (tertiary/aromatic N) is 3. The monoisotopic (exact) mass is 486 g/mol. The first-order valence-electron chi connectivity index (χ1n) is 11.1. The van der Waals surface area contributed by atoms with Gasteiger partial charge in [-0.25, -0.2) is 9.78 Å². The number of aromatic nitrogens is 2. The molecule has 4 rings (SSSR count). The van der Waals surface area contributed by atoms with Gasteiger partial charge in [0.15, 0.2) is 0 Å². The van der Waals surface area contributed by atoms with Crippen LogP contribution in [0.4, 0.5) is 22.2 Å². The van der Waals surface area contributed by atoms with E-state index in [1.165, 1.54) is 24.1 Å². The Morgan fingerprint density at radius 2 is 1.68 bits per heavy atom. The van der Waals surface area contributed by atoms with E-state index >= 15 is 0 Å². The lowest BCUT2D eigenvalue weighted by Gasteiger charge is -2.30. The molecule has 0 radical (unpaired) electrons. The summed E-state index contributed by atoms with van der Waals surface area (Å²) in [6.45, 7) is 0. The van der Waals surface area contributed by atoms with Crippen molar-refractivity contribution in [1.29, 1.82) is 0 Å². The standard InChI is InChI=1S/C23H31BrN6O/c1-30(2)21-19-5-3-4-6-20(19)28-22(29-21)25-16-11-13-18(14-12-16)27-23(31)26-17-9-7-15(24)8-10-17/h7-10,16,18H,3-6,11-14H2,1-2H3,(H,25,28,29)(H2,26,27,31)/t16-,18+. The first-order chi connectivity index (χ1) is 15.0. The van der Waals surface area contributed by atoms with E-state index in [9.17, 15) is 4.79 Å². The summed E-state index contributed by atoms with van der Waals surface area (Å²) in [5.74, 6) is 1.79. The van der Waals surface area contributed by atoms with Crippen molar-refractivity contribution in [3.8, 4) is 0 Å². The number of nitrogens with one attached hydrogen (secondary N) is 3. The highest BCUT2D eigenvalue weighted by Gasteiger charge is 2.24. The van der Waals surface area contributed by atoms with Crippen LogP contribution in [0, 0.1) is 0 Å². The molecule has 1 fully saturated rings. The maximum atomic E-state index is 12.3. The molecule has 2 amide bonds. The molecular formula is C23H31BrN6O. The van der Waals surface area contributed by atoms with Crippen LogP contribution >= 0.6 is 15.9 Å². The molecule has 1 heterocycles. The molecule has 2 aliphatic rings. The maximum absolute atomic E-state index is 12.3. The van der Waals surface area contributed by atoms with Gasteiger partial charge in [0.05, 0.1) is 5.69 Å². The molecule has 1 aromatic heterocycles. The number of benzene rings is 1. The number of amides is 2.